The molecule has 1 saturated heterocycles. The third-order valence-electron chi connectivity index (χ3n) is 6.43. The molecule has 1 fully saturated rings. The van der Waals surface area contributed by atoms with Gasteiger partial charge in [0.2, 0.25) is 15.9 Å². The van der Waals surface area contributed by atoms with Gasteiger partial charge in [-0.15, -0.1) is 0 Å². The number of benzene rings is 2. The molecule has 0 aromatic heterocycles. The second-order valence-electron chi connectivity index (χ2n) is 8.46. The summed E-state index contributed by atoms with van der Waals surface area (Å²) in [5, 5.41) is 0. The molecule has 31 heavy (non-hydrogen) atoms. The molecule has 6 nitrogen and oxygen atoms in total. The molecule has 8 heteroatoms. The van der Waals surface area contributed by atoms with E-state index in [2.05, 4.69) is 46.8 Å². The van der Waals surface area contributed by atoms with Crippen LogP contribution in [0.3, 0.4) is 0 Å². The van der Waals surface area contributed by atoms with E-state index in [1.165, 1.54) is 18.1 Å². The van der Waals surface area contributed by atoms with Crippen molar-refractivity contribution >= 4 is 43.2 Å². The van der Waals surface area contributed by atoms with Crippen LogP contribution in [-0.2, 0) is 21.2 Å². The highest BCUT2D eigenvalue weighted by Gasteiger charge is 2.38. The molecule has 0 spiro atoms. The third-order valence-corrected chi connectivity index (χ3v) is 8.80. The summed E-state index contributed by atoms with van der Waals surface area (Å²) in [6.07, 6.45) is 0.650. The van der Waals surface area contributed by atoms with Crippen molar-refractivity contribution in [3.05, 3.63) is 51.5 Å². The average molecular weight is 506 g/mol. The van der Waals surface area contributed by atoms with E-state index in [1.807, 2.05) is 19.1 Å². The number of rotatable bonds is 3. The first-order valence-corrected chi connectivity index (χ1v) is 12.8. The summed E-state index contributed by atoms with van der Waals surface area (Å²) in [7, 11) is -3.74. The number of amides is 1. The Morgan fingerprint density at radius 3 is 2.42 bits per heavy atom. The maximum atomic E-state index is 13.7. The van der Waals surface area contributed by atoms with Gasteiger partial charge in [-0.1, -0.05) is 28.1 Å². The summed E-state index contributed by atoms with van der Waals surface area (Å²) < 4.78 is 29.6. The van der Waals surface area contributed by atoms with Crippen molar-refractivity contribution < 1.29 is 13.2 Å². The van der Waals surface area contributed by atoms with Gasteiger partial charge in [0.1, 0.15) is 4.90 Å². The van der Waals surface area contributed by atoms with Crippen molar-refractivity contribution in [2.24, 2.45) is 0 Å². The molecule has 2 heterocycles. The van der Waals surface area contributed by atoms with Gasteiger partial charge in [-0.25, -0.2) is 8.42 Å². The Bertz CT molecular complexity index is 1140. The monoisotopic (exact) mass is 505 g/mol. The molecule has 0 unspecified atom stereocenters. The molecule has 2 aliphatic rings. The predicted molar refractivity (Wildman–Crippen MR) is 127 cm³/mol. The van der Waals surface area contributed by atoms with E-state index >= 15 is 0 Å². The summed E-state index contributed by atoms with van der Waals surface area (Å²) in [6, 6.07) is 9.74. The van der Waals surface area contributed by atoms with Gasteiger partial charge in [-0.05, 0) is 62.1 Å². The van der Waals surface area contributed by atoms with Crippen molar-refractivity contribution in [2.45, 2.75) is 45.1 Å². The van der Waals surface area contributed by atoms with Crippen molar-refractivity contribution in [1.82, 2.24) is 4.31 Å². The molecular formula is C23H28BrN3O3S. The van der Waals surface area contributed by atoms with E-state index in [4.69, 9.17) is 0 Å². The molecule has 166 valence electrons. The van der Waals surface area contributed by atoms with Crippen molar-refractivity contribution in [3.63, 3.8) is 0 Å². The van der Waals surface area contributed by atoms with Gasteiger partial charge in [0.15, 0.2) is 0 Å². The van der Waals surface area contributed by atoms with Crippen LogP contribution in [0.5, 0.6) is 0 Å². The number of hydrogen-bond acceptors (Lipinski definition) is 4. The number of sulfonamides is 1. The first-order valence-electron chi connectivity index (χ1n) is 10.5. The summed E-state index contributed by atoms with van der Waals surface area (Å²) in [5.74, 6) is -0.134. The van der Waals surface area contributed by atoms with Crippen molar-refractivity contribution in [1.29, 1.82) is 0 Å². The lowest BCUT2D eigenvalue weighted by Gasteiger charge is -2.37. The number of carbonyl (C=O) groups excluding carboxylic acids is 1. The van der Waals surface area contributed by atoms with Gasteiger partial charge in [-0.2, -0.15) is 4.31 Å². The highest BCUT2D eigenvalue weighted by atomic mass is 79.9. The van der Waals surface area contributed by atoms with Gasteiger partial charge in [-0.3, -0.25) is 4.79 Å². The normalized spacial score (nSPS) is 19.6. The minimum absolute atomic E-state index is 0.0584. The number of aryl methyl sites for hydroxylation is 1. The van der Waals surface area contributed by atoms with E-state index < -0.39 is 10.0 Å². The molecule has 0 bridgehead atoms. The molecule has 0 aliphatic carbocycles. The molecule has 0 radical (unpaired) electrons. The second kappa shape index (κ2) is 8.22. The van der Waals surface area contributed by atoms with E-state index in [0.29, 0.717) is 38.3 Å². The molecule has 0 N–H and O–H groups in total. The van der Waals surface area contributed by atoms with Crippen LogP contribution >= 0.6 is 15.9 Å². The minimum Gasteiger partial charge on any atom is -0.369 e. The fourth-order valence-electron chi connectivity index (χ4n) is 4.74. The Labute approximate surface area is 193 Å². The first kappa shape index (κ1) is 22.3. The summed E-state index contributed by atoms with van der Waals surface area (Å²) >= 11 is 3.47. The predicted octanol–water partition coefficient (Wildman–Crippen LogP) is 3.87. The number of carbonyl (C=O) groups is 1. The zero-order valence-electron chi connectivity index (χ0n) is 18.4. The van der Waals surface area contributed by atoms with Crippen molar-refractivity contribution in [3.8, 4) is 0 Å². The fraction of sp³-hybridized carbons (Fsp3) is 0.435. The van der Waals surface area contributed by atoms with Crippen LogP contribution < -0.4 is 9.80 Å². The number of nitrogens with zero attached hydrogens (tertiary/aromatic N) is 3. The maximum Gasteiger partial charge on any atom is 0.245 e. The van der Waals surface area contributed by atoms with Crippen LogP contribution in [0.4, 0.5) is 11.4 Å². The van der Waals surface area contributed by atoms with Crippen LogP contribution in [0.1, 0.15) is 30.5 Å². The van der Waals surface area contributed by atoms with Crippen LogP contribution in [0.2, 0.25) is 0 Å². The largest absolute Gasteiger partial charge is 0.369 e. The minimum atomic E-state index is -3.74. The number of piperazine rings is 1. The highest BCUT2D eigenvalue weighted by molar-refractivity contribution is 9.10. The Kier molecular flexibility index (Phi) is 5.91. The van der Waals surface area contributed by atoms with E-state index in [9.17, 15) is 13.2 Å². The lowest BCUT2D eigenvalue weighted by atomic mass is 10.1. The quantitative estimate of drug-likeness (QED) is 0.634. The Morgan fingerprint density at radius 2 is 1.77 bits per heavy atom. The molecule has 2 aliphatic heterocycles. The zero-order valence-corrected chi connectivity index (χ0v) is 20.8. The molecular weight excluding hydrogens is 478 g/mol. The molecule has 2 aromatic rings. The fourth-order valence-corrected chi connectivity index (χ4v) is 7.07. The maximum absolute atomic E-state index is 13.7. The van der Waals surface area contributed by atoms with E-state index in [1.54, 1.807) is 15.3 Å². The summed E-state index contributed by atoms with van der Waals surface area (Å²) in [4.78, 5) is 16.4. The van der Waals surface area contributed by atoms with Crippen LogP contribution in [0.25, 0.3) is 0 Å². The van der Waals surface area contributed by atoms with Crippen molar-refractivity contribution in [2.75, 3.05) is 36.0 Å². The lowest BCUT2D eigenvalue weighted by molar-refractivity contribution is -0.116. The first-order chi connectivity index (χ1) is 14.6. The Hall–Kier alpha value is -1.90. The summed E-state index contributed by atoms with van der Waals surface area (Å²) in [5.41, 5.74) is 5.06. The van der Waals surface area contributed by atoms with Crippen LogP contribution in [0.15, 0.2) is 39.7 Å². The molecule has 0 saturated carbocycles. The smallest absolute Gasteiger partial charge is 0.245 e. The van der Waals surface area contributed by atoms with Gasteiger partial charge in [0.25, 0.3) is 0 Å². The van der Waals surface area contributed by atoms with E-state index in [-0.39, 0.29) is 16.8 Å². The number of fused-ring (bicyclic) bond motifs is 1. The number of halogens is 1. The highest BCUT2D eigenvalue weighted by Crippen LogP contribution is 2.41. The zero-order chi connectivity index (χ0) is 22.5. The SMILES string of the molecule is CC(=O)N1c2c(cc(Br)cc2S(=O)(=O)N2CCN(c3cccc(C)c3C)CC2)C[C@@H]1C. The van der Waals surface area contributed by atoms with E-state index in [0.717, 1.165) is 15.7 Å². The molecule has 1 atom stereocenters. The third kappa shape index (κ3) is 3.90. The van der Waals surface area contributed by atoms with Crippen LogP contribution in [-0.4, -0.2) is 50.9 Å². The number of hydrogen-bond donors (Lipinski definition) is 0. The van der Waals surface area contributed by atoms with Gasteiger partial charge < -0.3 is 9.80 Å². The molecule has 1 amide bonds. The summed E-state index contributed by atoms with van der Waals surface area (Å²) in [6.45, 7) is 9.73. The molecule has 2 aromatic carbocycles. The Balaban J connectivity index is 1.64. The lowest BCUT2D eigenvalue weighted by Crippen LogP contribution is -2.49. The average Bonchev–Trinajstić information content (AvgIpc) is 3.05. The van der Waals surface area contributed by atoms with Gasteiger partial charge in [0.05, 0.1) is 5.69 Å². The molecule has 4 rings (SSSR count). The second-order valence-corrected chi connectivity index (χ2v) is 11.3. The van der Waals surface area contributed by atoms with Gasteiger partial charge in [0, 0.05) is 49.3 Å². The standard InChI is InChI=1S/C23H28BrN3O3S/c1-15-6-5-7-21(17(15)3)25-8-10-26(11-9-25)31(29,30)22-14-20(24)13-19-12-16(2)27(18(4)28)23(19)22/h5-7,13-14,16H,8-12H2,1-4H3/t16-/m0/s1. The number of anilines is 2. The van der Waals surface area contributed by atoms with Gasteiger partial charge >= 0.3 is 0 Å². The Morgan fingerprint density at radius 1 is 1.10 bits per heavy atom. The topological polar surface area (TPSA) is 60.9 Å². The van der Waals surface area contributed by atoms with Crippen LogP contribution in [0, 0.1) is 13.8 Å².